The minimum absolute atomic E-state index is 0.111. The molecule has 13 heteroatoms. The molecule has 0 saturated carbocycles. The molecule has 0 N–H and O–H groups in total. The monoisotopic (exact) mass is 658 g/mol. The molecule has 0 saturated heterocycles. The Labute approximate surface area is 272 Å². The summed E-state index contributed by atoms with van der Waals surface area (Å²) in [5, 5.41) is 0.740. The predicted octanol–water partition coefficient (Wildman–Crippen LogP) is 7.39. The number of hydrogen-bond donors (Lipinski definition) is 0. The molecular formula is C34H29ClF2N6O4. The van der Waals surface area contributed by atoms with Crippen molar-refractivity contribution < 1.29 is 27.5 Å². The highest BCUT2D eigenvalue weighted by Crippen LogP contribution is 2.32. The molecule has 1 aliphatic carbocycles. The first kappa shape index (κ1) is 30.5. The van der Waals surface area contributed by atoms with E-state index in [9.17, 15) is 13.6 Å². The number of allylic oxidation sites excluding steroid dienone is 2. The number of benzene rings is 2. The molecule has 1 aliphatic rings. The third-order valence-corrected chi connectivity index (χ3v) is 8.67. The summed E-state index contributed by atoms with van der Waals surface area (Å²) < 4.78 is 48.8. The van der Waals surface area contributed by atoms with E-state index in [1.165, 1.54) is 6.07 Å². The molecule has 1 atom stereocenters. The van der Waals surface area contributed by atoms with E-state index in [-0.39, 0.29) is 30.6 Å². The maximum Gasteiger partial charge on any atom is 0.338 e. The first-order valence-corrected chi connectivity index (χ1v) is 15.6. The van der Waals surface area contributed by atoms with Gasteiger partial charge in [-0.2, -0.15) is 13.8 Å². The molecule has 0 spiro atoms. The summed E-state index contributed by atoms with van der Waals surface area (Å²) in [7, 11) is 0. The fourth-order valence-electron chi connectivity index (χ4n) is 5.75. The van der Waals surface area contributed by atoms with Gasteiger partial charge in [-0.25, -0.2) is 19.7 Å². The lowest BCUT2D eigenvalue weighted by molar-refractivity contribution is 0.0433. The number of carbonyl (C=O) groups is 1. The van der Waals surface area contributed by atoms with Gasteiger partial charge in [0.2, 0.25) is 5.82 Å². The van der Waals surface area contributed by atoms with Gasteiger partial charge < -0.3 is 23.0 Å². The van der Waals surface area contributed by atoms with Crippen LogP contribution in [0.3, 0.4) is 0 Å². The summed E-state index contributed by atoms with van der Waals surface area (Å²) in [5.41, 5.74) is 4.71. The fraction of sp³-hybridized carbons (Fsp3) is 0.265. The number of furan rings is 1. The van der Waals surface area contributed by atoms with Crippen molar-refractivity contribution >= 4 is 45.1 Å². The van der Waals surface area contributed by atoms with E-state index in [1.54, 1.807) is 30.9 Å². The number of ether oxygens (including phenoxy) is 2. The van der Waals surface area contributed by atoms with Crippen LogP contribution in [0.15, 0.2) is 71.9 Å². The van der Waals surface area contributed by atoms with Crippen LogP contribution in [0.25, 0.3) is 27.6 Å². The number of esters is 1. The number of aromatic nitrogens is 6. The lowest BCUT2D eigenvalue weighted by atomic mass is 9.90. The van der Waals surface area contributed by atoms with E-state index < -0.39 is 17.8 Å². The Bertz CT molecular complexity index is 2140. The zero-order chi connectivity index (χ0) is 32.5. The Morgan fingerprint density at radius 1 is 1.11 bits per heavy atom. The molecule has 4 heterocycles. The molecule has 7 rings (SSSR count). The molecule has 0 radical (unpaired) electrons. The first-order valence-electron chi connectivity index (χ1n) is 15.2. The normalized spacial score (nSPS) is 14.9. The molecule has 1 unspecified atom stereocenters. The minimum Gasteiger partial charge on any atom is -0.470 e. The molecule has 0 amide bonds. The van der Waals surface area contributed by atoms with E-state index in [4.69, 9.17) is 25.5 Å². The second-order valence-corrected chi connectivity index (χ2v) is 11.8. The molecule has 47 heavy (non-hydrogen) atoms. The highest BCUT2D eigenvalue weighted by molar-refractivity contribution is 6.35. The van der Waals surface area contributed by atoms with Gasteiger partial charge in [-0.3, -0.25) is 0 Å². The molecule has 4 aromatic heterocycles. The van der Waals surface area contributed by atoms with Crippen LogP contribution in [0.2, 0.25) is 5.02 Å². The molecule has 6 aromatic rings. The average molecular weight is 659 g/mol. The summed E-state index contributed by atoms with van der Waals surface area (Å²) in [6.07, 6.45) is 10.4. The lowest BCUT2D eigenvalue weighted by Crippen LogP contribution is -2.17. The van der Waals surface area contributed by atoms with Crippen LogP contribution >= 0.6 is 11.6 Å². The maximum atomic E-state index is 14.6. The van der Waals surface area contributed by atoms with Crippen molar-refractivity contribution in [2.24, 2.45) is 5.92 Å². The van der Waals surface area contributed by atoms with Crippen molar-refractivity contribution in [2.75, 3.05) is 6.61 Å². The van der Waals surface area contributed by atoms with Crippen molar-refractivity contribution in [3.63, 3.8) is 0 Å². The molecule has 0 fully saturated rings. The largest absolute Gasteiger partial charge is 0.470 e. The number of hydrogen-bond acceptors (Lipinski definition) is 8. The molecule has 0 bridgehead atoms. The predicted molar refractivity (Wildman–Crippen MR) is 170 cm³/mol. The van der Waals surface area contributed by atoms with E-state index >= 15 is 0 Å². The van der Waals surface area contributed by atoms with Crippen molar-refractivity contribution in [1.29, 1.82) is 0 Å². The maximum absolute atomic E-state index is 14.6. The van der Waals surface area contributed by atoms with Gasteiger partial charge in [-0.05, 0) is 61.9 Å². The van der Waals surface area contributed by atoms with Crippen LogP contribution < -0.4 is 4.74 Å². The van der Waals surface area contributed by atoms with Crippen molar-refractivity contribution in [3.05, 3.63) is 107 Å². The number of nitrogens with zero attached hydrogens (tertiary/aromatic N) is 6. The van der Waals surface area contributed by atoms with Gasteiger partial charge in [0, 0.05) is 29.8 Å². The number of halogens is 3. The van der Waals surface area contributed by atoms with Gasteiger partial charge in [0.1, 0.15) is 12.2 Å². The summed E-state index contributed by atoms with van der Waals surface area (Å²) >= 11 is 6.13. The molecular weight excluding hydrogens is 630 g/mol. The standard InChI is InChI=1S/C34H29ClF2N6O4/c1-2-42-18-38-13-24(42)15-43-19-40-28-10-8-22(11-29(28)43)34(44)46-16-20-3-5-21(6-4-20)32-39-14-27(36)33(41-32)45-17-23-7-9-26(35)25-12-30(37)47-31(23)25/h5,7-14,18-20H,2-4,6,15-17H2,1H3. The van der Waals surface area contributed by atoms with Crippen LogP contribution in [0.4, 0.5) is 8.78 Å². The Morgan fingerprint density at radius 2 is 2.00 bits per heavy atom. The van der Waals surface area contributed by atoms with Crippen LogP contribution in [0.1, 0.15) is 53.6 Å². The van der Waals surface area contributed by atoms with Crippen LogP contribution in [0, 0.1) is 17.7 Å². The lowest BCUT2D eigenvalue weighted by Gasteiger charge is -2.21. The van der Waals surface area contributed by atoms with Crippen LogP contribution in [-0.2, 0) is 24.4 Å². The van der Waals surface area contributed by atoms with Gasteiger partial charge >= 0.3 is 5.97 Å². The molecule has 0 aliphatic heterocycles. The topological polar surface area (TPSA) is 110 Å². The quantitative estimate of drug-likeness (QED) is 0.140. The summed E-state index contributed by atoms with van der Waals surface area (Å²) in [6, 6.07) is 9.00. The zero-order valence-electron chi connectivity index (χ0n) is 25.3. The van der Waals surface area contributed by atoms with Crippen LogP contribution in [-0.4, -0.2) is 41.6 Å². The van der Waals surface area contributed by atoms with Gasteiger partial charge in [0.05, 0.1) is 59.3 Å². The van der Waals surface area contributed by atoms with E-state index in [0.717, 1.165) is 41.5 Å². The third kappa shape index (κ3) is 6.33. The van der Waals surface area contributed by atoms with Gasteiger partial charge in [0.25, 0.3) is 11.9 Å². The number of imidazole rings is 2. The van der Waals surface area contributed by atoms with Crippen molar-refractivity contribution in [1.82, 2.24) is 29.1 Å². The molecule has 2 aromatic carbocycles. The second-order valence-electron chi connectivity index (χ2n) is 11.4. The zero-order valence-corrected chi connectivity index (χ0v) is 26.1. The Balaban J connectivity index is 0.968. The number of rotatable bonds is 10. The SMILES string of the molecule is CCn1cncc1Cn1cnc2ccc(C(=O)OCC3CC=C(c4ncc(F)c(OCc5ccc(Cl)c6cc(F)oc56)n4)CC3)cc21. The first-order chi connectivity index (χ1) is 22.9. The molecule has 240 valence electrons. The average Bonchev–Trinajstić information content (AvgIpc) is 3.83. The van der Waals surface area contributed by atoms with Gasteiger partial charge in [-0.15, -0.1) is 0 Å². The van der Waals surface area contributed by atoms with Crippen molar-refractivity contribution in [2.45, 2.75) is 45.9 Å². The van der Waals surface area contributed by atoms with Gasteiger partial charge in [-0.1, -0.05) is 23.7 Å². The van der Waals surface area contributed by atoms with Crippen molar-refractivity contribution in [3.8, 4) is 5.88 Å². The summed E-state index contributed by atoms with van der Waals surface area (Å²) in [6.45, 7) is 3.61. The Hall–Kier alpha value is -5.10. The van der Waals surface area contributed by atoms with E-state index in [2.05, 4.69) is 31.4 Å². The van der Waals surface area contributed by atoms with Crippen LogP contribution in [0.5, 0.6) is 5.88 Å². The van der Waals surface area contributed by atoms with Gasteiger partial charge in [0.15, 0.2) is 5.82 Å². The highest BCUT2D eigenvalue weighted by atomic mass is 35.5. The molecule has 10 nitrogen and oxygen atoms in total. The summed E-state index contributed by atoms with van der Waals surface area (Å²) in [4.78, 5) is 30.2. The number of aryl methyl sites for hydroxylation is 1. The van der Waals surface area contributed by atoms with E-state index in [0.29, 0.717) is 46.7 Å². The fourth-order valence-corrected chi connectivity index (χ4v) is 5.96. The number of carbonyl (C=O) groups excluding carboxylic acids is 1. The van der Waals surface area contributed by atoms with E-state index in [1.807, 2.05) is 29.0 Å². The Kier molecular flexibility index (Phi) is 8.42. The minimum atomic E-state index is -0.778. The second kappa shape index (κ2) is 13.0. The number of fused-ring (bicyclic) bond motifs is 2. The summed E-state index contributed by atoms with van der Waals surface area (Å²) in [5.74, 6) is -0.875. The highest BCUT2D eigenvalue weighted by Gasteiger charge is 2.21. The Morgan fingerprint density at radius 3 is 2.83 bits per heavy atom. The third-order valence-electron chi connectivity index (χ3n) is 8.34. The smallest absolute Gasteiger partial charge is 0.338 e.